The van der Waals surface area contributed by atoms with Gasteiger partial charge in [-0.1, -0.05) is 55.5 Å². The first-order chi connectivity index (χ1) is 16.7. The second-order valence-corrected chi connectivity index (χ2v) is 9.17. The average molecular weight is 459 g/mol. The van der Waals surface area contributed by atoms with E-state index in [4.69, 9.17) is 9.72 Å². The smallest absolute Gasteiger partial charge is 0.319 e. The van der Waals surface area contributed by atoms with Crippen LogP contribution in [-0.4, -0.2) is 41.7 Å². The van der Waals surface area contributed by atoms with Crippen LogP contribution >= 0.6 is 0 Å². The molecule has 1 aromatic heterocycles. The molecule has 2 aliphatic rings. The molecule has 2 fully saturated rings. The number of fused-ring (bicyclic) bond motifs is 3. The van der Waals surface area contributed by atoms with Gasteiger partial charge in [-0.25, -0.2) is 4.39 Å². The quantitative estimate of drug-likeness (QED) is 0.606. The molecule has 0 saturated carbocycles. The Balaban J connectivity index is 1.61. The molecule has 0 aliphatic carbocycles. The standard InChI is InChI=1S/C28H31FN4O/c1-3-15-34-28-31-26(16-29)25(27(32-28)33-17-21-12-13-22(18-33)30-21)14-11-19(2)23-10-6-8-20-7-4-5-9-24(20)23/h4-11,14,16,21-22,30H,3,12-13,15,17-18H2,1-2H3/b19-11+,25-14+,26-16-. The van der Waals surface area contributed by atoms with Crippen molar-refractivity contribution in [2.24, 2.45) is 0 Å². The number of allylic oxidation sites excluding steroid dienone is 2. The molecule has 5 rings (SSSR count). The first-order valence-electron chi connectivity index (χ1n) is 12.1. The molecule has 2 aliphatic heterocycles. The molecule has 3 heterocycles. The number of halogens is 1. The van der Waals surface area contributed by atoms with E-state index in [-0.39, 0.29) is 11.4 Å². The number of anilines is 1. The zero-order valence-corrected chi connectivity index (χ0v) is 19.8. The summed E-state index contributed by atoms with van der Waals surface area (Å²) in [5.41, 5.74) is 2.25. The molecule has 2 aromatic carbocycles. The van der Waals surface area contributed by atoms with E-state index in [0.29, 0.717) is 30.2 Å². The molecule has 2 bridgehead atoms. The van der Waals surface area contributed by atoms with E-state index < -0.39 is 0 Å². The van der Waals surface area contributed by atoms with Gasteiger partial charge in [-0.2, -0.15) is 9.97 Å². The maximum atomic E-state index is 14.1. The Morgan fingerprint density at radius 1 is 1.12 bits per heavy atom. The van der Waals surface area contributed by atoms with E-state index in [1.54, 1.807) is 0 Å². The maximum Gasteiger partial charge on any atom is 0.319 e. The van der Waals surface area contributed by atoms with Crippen LogP contribution in [0, 0.1) is 0 Å². The monoisotopic (exact) mass is 458 g/mol. The van der Waals surface area contributed by atoms with Crippen LogP contribution in [0.5, 0.6) is 6.01 Å². The van der Waals surface area contributed by atoms with Crippen LogP contribution in [0.3, 0.4) is 0 Å². The van der Waals surface area contributed by atoms with Crippen molar-refractivity contribution in [3.8, 4) is 6.01 Å². The number of nitrogens with one attached hydrogen (secondary N) is 1. The Hall–Kier alpha value is -3.25. The highest BCUT2D eigenvalue weighted by Crippen LogP contribution is 2.25. The first-order valence-corrected chi connectivity index (χ1v) is 12.1. The lowest BCUT2D eigenvalue weighted by atomic mass is 9.99. The fraction of sp³-hybridized carbons (Fsp3) is 0.357. The lowest BCUT2D eigenvalue weighted by molar-refractivity contribution is 0.291. The molecular weight excluding hydrogens is 427 g/mol. The number of aromatic nitrogens is 2. The number of rotatable bonds is 6. The molecule has 0 radical (unpaired) electrons. The Morgan fingerprint density at radius 2 is 1.88 bits per heavy atom. The first kappa shape index (κ1) is 22.5. The Labute approximate surface area is 199 Å². The minimum atomic E-state index is 0.235. The number of hydrogen-bond acceptors (Lipinski definition) is 5. The van der Waals surface area contributed by atoms with E-state index >= 15 is 0 Å². The van der Waals surface area contributed by atoms with Gasteiger partial charge in [-0.15, -0.1) is 0 Å². The van der Waals surface area contributed by atoms with Crippen molar-refractivity contribution in [2.45, 2.75) is 45.2 Å². The van der Waals surface area contributed by atoms with Crippen molar-refractivity contribution < 1.29 is 9.13 Å². The minimum Gasteiger partial charge on any atom is -0.463 e. The van der Waals surface area contributed by atoms with Crippen LogP contribution in [0.1, 0.15) is 38.7 Å². The van der Waals surface area contributed by atoms with Crippen LogP contribution in [0.4, 0.5) is 10.2 Å². The van der Waals surface area contributed by atoms with Gasteiger partial charge in [0.2, 0.25) is 0 Å². The van der Waals surface area contributed by atoms with Gasteiger partial charge in [0.1, 0.15) is 17.5 Å². The second-order valence-electron chi connectivity index (χ2n) is 9.17. The Morgan fingerprint density at radius 3 is 2.65 bits per heavy atom. The molecule has 5 nitrogen and oxygen atoms in total. The van der Waals surface area contributed by atoms with E-state index in [1.165, 1.54) is 10.8 Å². The zero-order valence-electron chi connectivity index (χ0n) is 19.8. The third-order valence-corrected chi connectivity index (χ3v) is 6.70. The van der Waals surface area contributed by atoms with Crippen LogP contribution in [-0.2, 0) is 0 Å². The van der Waals surface area contributed by atoms with Gasteiger partial charge < -0.3 is 15.0 Å². The van der Waals surface area contributed by atoms with Gasteiger partial charge in [0.15, 0.2) is 0 Å². The second kappa shape index (κ2) is 9.94. The molecule has 2 saturated heterocycles. The third kappa shape index (κ3) is 4.55. The number of piperazine rings is 1. The highest BCUT2D eigenvalue weighted by Gasteiger charge is 2.33. The lowest BCUT2D eigenvalue weighted by Crippen LogP contribution is -2.53. The van der Waals surface area contributed by atoms with Crippen molar-refractivity contribution in [3.63, 3.8) is 0 Å². The topological polar surface area (TPSA) is 50.3 Å². The molecule has 6 heteroatoms. The van der Waals surface area contributed by atoms with Crippen molar-refractivity contribution >= 4 is 34.6 Å². The molecule has 0 spiro atoms. The van der Waals surface area contributed by atoms with Crippen LogP contribution in [0.25, 0.3) is 28.8 Å². The van der Waals surface area contributed by atoms with Gasteiger partial charge in [0.25, 0.3) is 0 Å². The lowest BCUT2D eigenvalue weighted by Gasteiger charge is -2.34. The molecule has 1 N–H and O–H groups in total. The highest BCUT2D eigenvalue weighted by molar-refractivity contribution is 5.94. The SMILES string of the molecule is CCCOc1nc(N2CC3CCC(C2)N3)c(=C/C=C(\C)c2cccc3ccccc23)/c(=C/F)n1. The third-order valence-electron chi connectivity index (χ3n) is 6.70. The van der Waals surface area contributed by atoms with Gasteiger partial charge >= 0.3 is 6.01 Å². The summed E-state index contributed by atoms with van der Waals surface area (Å²) in [5, 5.41) is 6.99. The number of benzene rings is 2. The fourth-order valence-electron chi connectivity index (χ4n) is 5.03. The van der Waals surface area contributed by atoms with Gasteiger partial charge in [0, 0.05) is 30.4 Å². The summed E-state index contributed by atoms with van der Waals surface area (Å²) >= 11 is 0. The maximum absolute atomic E-state index is 14.1. The number of nitrogens with zero attached hydrogens (tertiary/aromatic N) is 3. The van der Waals surface area contributed by atoms with E-state index in [9.17, 15) is 4.39 Å². The van der Waals surface area contributed by atoms with Crippen LogP contribution in [0.15, 0.2) is 48.5 Å². The molecule has 34 heavy (non-hydrogen) atoms. The van der Waals surface area contributed by atoms with Gasteiger partial charge in [-0.05, 0) is 54.2 Å². The van der Waals surface area contributed by atoms with Crippen molar-refractivity contribution in [1.82, 2.24) is 15.3 Å². The summed E-state index contributed by atoms with van der Waals surface area (Å²) in [6, 6.07) is 15.8. The van der Waals surface area contributed by atoms with E-state index in [2.05, 4.69) is 58.5 Å². The summed E-state index contributed by atoms with van der Waals surface area (Å²) in [6.07, 6.45) is 7.71. The highest BCUT2D eigenvalue weighted by atomic mass is 19.1. The van der Waals surface area contributed by atoms with Crippen molar-refractivity contribution in [3.05, 3.63) is 64.7 Å². The molecule has 3 aromatic rings. The van der Waals surface area contributed by atoms with E-state index in [0.717, 1.165) is 49.3 Å². The largest absolute Gasteiger partial charge is 0.463 e. The predicted octanol–water partition coefficient (Wildman–Crippen LogP) is 3.95. The van der Waals surface area contributed by atoms with E-state index in [1.807, 2.05) is 25.1 Å². The van der Waals surface area contributed by atoms with Crippen LogP contribution < -0.4 is 25.5 Å². The predicted molar refractivity (Wildman–Crippen MR) is 137 cm³/mol. The summed E-state index contributed by atoms with van der Waals surface area (Å²) in [7, 11) is 0. The summed E-state index contributed by atoms with van der Waals surface area (Å²) < 4.78 is 19.8. The molecule has 0 amide bonds. The Kier molecular flexibility index (Phi) is 6.59. The van der Waals surface area contributed by atoms with Crippen molar-refractivity contribution in [1.29, 1.82) is 0 Å². The summed E-state index contributed by atoms with van der Waals surface area (Å²) in [4.78, 5) is 11.4. The molecule has 176 valence electrons. The van der Waals surface area contributed by atoms with Gasteiger partial charge in [0.05, 0.1) is 6.61 Å². The summed E-state index contributed by atoms with van der Waals surface area (Å²) in [6.45, 7) is 6.31. The average Bonchev–Trinajstić information content (AvgIpc) is 3.22. The number of ether oxygens (including phenoxy) is 1. The molecule has 2 atom stereocenters. The number of hydrogen-bond donors (Lipinski definition) is 1. The summed E-state index contributed by atoms with van der Waals surface area (Å²) in [5.74, 6) is 0.741. The Bertz CT molecular complexity index is 1320. The zero-order chi connectivity index (χ0) is 23.5. The minimum absolute atomic E-state index is 0.235. The fourth-order valence-corrected chi connectivity index (χ4v) is 5.03. The normalized spacial score (nSPS) is 21.5. The molecular formula is C28H31FN4O. The van der Waals surface area contributed by atoms with Gasteiger partial charge in [-0.3, -0.25) is 0 Å². The van der Waals surface area contributed by atoms with Crippen molar-refractivity contribution in [2.75, 3.05) is 24.6 Å². The molecule has 2 unspecified atom stereocenters. The van der Waals surface area contributed by atoms with Crippen LogP contribution in [0.2, 0.25) is 0 Å².